The van der Waals surface area contributed by atoms with Crippen LogP contribution in [0.5, 0.6) is 11.5 Å². The number of carbonyl (C=O) groups excluding carboxylic acids is 1. The standard InChI is InChI=1S/C25H28N4O5/c1-33-19-11-8-16(14-20(19)34-2)12-13-28(24(31)18-9-10-18)21-22(26)29(25(32)27-23(21)30)15-17-6-4-3-5-7-17/h3-8,11,14,18H,9-10,12-13,15,26H2,1-2H3,(H,27,30,32). The highest BCUT2D eigenvalue weighted by Gasteiger charge is 2.36. The summed E-state index contributed by atoms with van der Waals surface area (Å²) in [6, 6.07) is 14.8. The number of H-pyrrole nitrogens is 1. The molecule has 1 aliphatic rings. The Morgan fingerprint density at radius 2 is 1.76 bits per heavy atom. The Balaban J connectivity index is 1.69. The van der Waals surface area contributed by atoms with E-state index in [0.717, 1.165) is 24.0 Å². The van der Waals surface area contributed by atoms with Crippen LogP contribution < -0.4 is 31.4 Å². The number of anilines is 2. The third-order valence-electron chi connectivity index (χ3n) is 5.93. The zero-order valence-electron chi connectivity index (χ0n) is 19.2. The van der Waals surface area contributed by atoms with Crippen LogP contribution in [0.3, 0.4) is 0 Å². The third-order valence-corrected chi connectivity index (χ3v) is 5.93. The second-order valence-electron chi connectivity index (χ2n) is 8.27. The molecule has 0 spiro atoms. The molecule has 0 bridgehead atoms. The number of aromatic amines is 1. The lowest BCUT2D eigenvalue weighted by Crippen LogP contribution is -2.42. The summed E-state index contributed by atoms with van der Waals surface area (Å²) in [5.41, 5.74) is 6.82. The number of hydrogen-bond acceptors (Lipinski definition) is 6. The summed E-state index contributed by atoms with van der Waals surface area (Å²) in [7, 11) is 3.12. The number of ether oxygens (including phenoxy) is 2. The minimum absolute atomic E-state index is 0.00732. The maximum atomic E-state index is 13.2. The first kappa shape index (κ1) is 23.2. The molecule has 34 heavy (non-hydrogen) atoms. The van der Waals surface area contributed by atoms with Crippen molar-refractivity contribution in [2.24, 2.45) is 5.92 Å². The summed E-state index contributed by atoms with van der Waals surface area (Å²) in [6.45, 7) is 0.401. The van der Waals surface area contributed by atoms with Crippen molar-refractivity contribution >= 4 is 17.4 Å². The number of nitrogens with two attached hydrogens (primary N) is 1. The molecule has 0 unspecified atom stereocenters. The van der Waals surface area contributed by atoms with Gasteiger partial charge in [-0.25, -0.2) is 4.79 Å². The molecule has 1 aromatic heterocycles. The van der Waals surface area contributed by atoms with Crippen molar-refractivity contribution in [3.63, 3.8) is 0 Å². The molecule has 1 saturated carbocycles. The van der Waals surface area contributed by atoms with Gasteiger partial charge in [0.25, 0.3) is 5.56 Å². The Kier molecular flexibility index (Phi) is 6.72. The van der Waals surface area contributed by atoms with Gasteiger partial charge in [-0.05, 0) is 42.5 Å². The fourth-order valence-corrected chi connectivity index (χ4v) is 3.92. The number of methoxy groups -OCH3 is 2. The third kappa shape index (κ3) is 4.83. The maximum Gasteiger partial charge on any atom is 0.330 e. The van der Waals surface area contributed by atoms with Crippen molar-refractivity contribution in [1.29, 1.82) is 0 Å². The van der Waals surface area contributed by atoms with E-state index in [9.17, 15) is 14.4 Å². The molecule has 0 saturated heterocycles. The van der Waals surface area contributed by atoms with Gasteiger partial charge in [-0.2, -0.15) is 0 Å². The predicted molar refractivity (Wildman–Crippen MR) is 130 cm³/mol. The van der Waals surface area contributed by atoms with Crippen LogP contribution in [0.1, 0.15) is 24.0 Å². The summed E-state index contributed by atoms with van der Waals surface area (Å²) in [5.74, 6) is 0.847. The van der Waals surface area contributed by atoms with Crippen LogP contribution in [0.2, 0.25) is 0 Å². The number of benzene rings is 2. The van der Waals surface area contributed by atoms with Crippen LogP contribution >= 0.6 is 0 Å². The summed E-state index contributed by atoms with van der Waals surface area (Å²) < 4.78 is 11.9. The van der Waals surface area contributed by atoms with E-state index >= 15 is 0 Å². The first-order valence-electron chi connectivity index (χ1n) is 11.1. The van der Waals surface area contributed by atoms with Gasteiger partial charge in [0.1, 0.15) is 5.82 Å². The number of rotatable bonds is 9. The molecular formula is C25H28N4O5. The summed E-state index contributed by atoms with van der Waals surface area (Å²) >= 11 is 0. The Morgan fingerprint density at radius 1 is 1.06 bits per heavy atom. The Bertz CT molecular complexity index is 1290. The highest BCUT2D eigenvalue weighted by atomic mass is 16.5. The van der Waals surface area contributed by atoms with Crippen LogP contribution in [-0.4, -0.2) is 36.2 Å². The molecule has 1 fully saturated rings. The van der Waals surface area contributed by atoms with Crippen LogP contribution in [-0.2, 0) is 17.8 Å². The molecule has 0 atom stereocenters. The van der Waals surface area contributed by atoms with E-state index in [0.29, 0.717) is 17.9 Å². The van der Waals surface area contributed by atoms with E-state index < -0.39 is 11.2 Å². The average molecular weight is 465 g/mol. The van der Waals surface area contributed by atoms with E-state index in [1.807, 2.05) is 42.5 Å². The van der Waals surface area contributed by atoms with E-state index in [2.05, 4.69) is 4.98 Å². The van der Waals surface area contributed by atoms with E-state index in [4.69, 9.17) is 15.2 Å². The Hall–Kier alpha value is -4.01. The van der Waals surface area contributed by atoms with E-state index in [-0.39, 0.29) is 36.4 Å². The van der Waals surface area contributed by atoms with Crippen LogP contribution in [0.15, 0.2) is 58.1 Å². The van der Waals surface area contributed by atoms with E-state index in [1.54, 1.807) is 20.3 Å². The quantitative estimate of drug-likeness (QED) is 0.501. The molecule has 178 valence electrons. The lowest BCUT2D eigenvalue weighted by atomic mass is 10.1. The van der Waals surface area contributed by atoms with Crippen molar-refractivity contribution in [2.75, 3.05) is 31.4 Å². The van der Waals surface area contributed by atoms with Gasteiger partial charge in [-0.1, -0.05) is 36.4 Å². The Morgan fingerprint density at radius 3 is 2.41 bits per heavy atom. The number of amides is 1. The normalized spacial score (nSPS) is 12.9. The van der Waals surface area contributed by atoms with Crippen molar-refractivity contribution < 1.29 is 14.3 Å². The molecule has 4 rings (SSSR count). The molecule has 9 heteroatoms. The lowest BCUT2D eigenvalue weighted by molar-refractivity contribution is -0.119. The first-order chi connectivity index (χ1) is 16.4. The first-order valence-corrected chi connectivity index (χ1v) is 11.1. The van der Waals surface area contributed by atoms with E-state index in [1.165, 1.54) is 9.47 Å². The van der Waals surface area contributed by atoms with Gasteiger partial charge in [0, 0.05) is 12.5 Å². The number of hydrogen-bond donors (Lipinski definition) is 2. The minimum Gasteiger partial charge on any atom is -0.493 e. The van der Waals surface area contributed by atoms with Crippen LogP contribution in [0.4, 0.5) is 11.5 Å². The molecule has 1 heterocycles. The van der Waals surface area contributed by atoms with Crippen molar-refractivity contribution in [3.05, 3.63) is 80.5 Å². The second kappa shape index (κ2) is 9.86. The predicted octanol–water partition coefficient (Wildman–Crippen LogP) is 2.17. The zero-order valence-corrected chi connectivity index (χ0v) is 19.2. The van der Waals surface area contributed by atoms with Gasteiger partial charge in [0.05, 0.1) is 20.8 Å². The van der Waals surface area contributed by atoms with Crippen molar-refractivity contribution in [2.45, 2.75) is 25.8 Å². The molecule has 1 amide bonds. The fourth-order valence-electron chi connectivity index (χ4n) is 3.92. The molecule has 3 aromatic rings. The van der Waals surface area contributed by atoms with Gasteiger partial charge in [-0.3, -0.25) is 19.1 Å². The smallest absolute Gasteiger partial charge is 0.330 e. The highest BCUT2D eigenvalue weighted by molar-refractivity contribution is 5.98. The van der Waals surface area contributed by atoms with Gasteiger partial charge in [0.2, 0.25) is 5.91 Å². The SMILES string of the molecule is COc1ccc(CCN(C(=O)C2CC2)c2c(N)n(Cc3ccccc3)c(=O)[nH]c2=O)cc1OC. The second-order valence-corrected chi connectivity index (χ2v) is 8.27. The molecule has 3 N–H and O–H groups in total. The van der Waals surface area contributed by atoms with Gasteiger partial charge in [-0.15, -0.1) is 0 Å². The van der Waals surface area contributed by atoms with Gasteiger partial charge < -0.3 is 20.1 Å². The molecule has 0 aliphatic heterocycles. The molecule has 2 aromatic carbocycles. The summed E-state index contributed by atoms with van der Waals surface area (Å²) in [5, 5.41) is 0. The molecule has 0 radical (unpaired) electrons. The number of nitrogen functional groups attached to an aromatic ring is 1. The molecule has 1 aliphatic carbocycles. The zero-order chi connectivity index (χ0) is 24.2. The average Bonchev–Trinajstić information content (AvgIpc) is 3.69. The van der Waals surface area contributed by atoms with Crippen molar-refractivity contribution in [3.8, 4) is 11.5 Å². The summed E-state index contributed by atoms with van der Waals surface area (Å²) in [6.07, 6.45) is 2.00. The number of nitrogens with one attached hydrogen (secondary N) is 1. The monoisotopic (exact) mass is 464 g/mol. The molecule has 9 nitrogen and oxygen atoms in total. The fraction of sp³-hybridized carbons (Fsp3) is 0.320. The molecular weight excluding hydrogens is 436 g/mol. The van der Waals surface area contributed by atoms with Crippen LogP contribution in [0, 0.1) is 5.92 Å². The summed E-state index contributed by atoms with van der Waals surface area (Å²) in [4.78, 5) is 42.4. The maximum absolute atomic E-state index is 13.2. The minimum atomic E-state index is -0.673. The highest BCUT2D eigenvalue weighted by Crippen LogP contribution is 2.34. The number of nitrogens with zero attached hydrogens (tertiary/aromatic N) is 2. The van der Waals surface area contributed by atoms with Crippen molar-refractivity contribution in [1.82, 2.24) is 9.55 Å². The number of carbonyl (C=O) groups is 1. The van der Waals surface area contributed by atoms with Gasteiger partial charge >= 0.3 is 5.69 Å². The van der Waals surface area contributed by atoms with Crippen LogP contribution in [0.25, 0.3) is 0 Å². The number of aromatic nitrogens is 2. The Labute approximate surface area is 196 Å². The lowest BCUT2D eigenvalue weighted by Gasteiger charge is -2.25. The largest absolute Gasteiger partial charge is 0.493 e. The topological polar surface area (TPSA) is 120 Å². The van der Waals surface area contributed by atoms with Gasteiger partial charge in [0.15, 0.2) is 17.2 Å².